The molecule has 0 bridgehead atoms. The van der Waals surface area contributed by atoms with Gasteiger partial charge in [-0.1, -0.05) is 66.7 Å². The number of aliphatic hydroxyl groups is 1. The van der Waals surface area contributed by atoms with E-state index in [1.54, 1.807) is 6.07 Å². The van der Waals surface area contributed by atoms with E-state index in [-0.39, 0.29) is 5.82 Å². The second-order valence-electron chi connectivity index (χ2n) is 6.79. The monoisotopic (exact) mass is 343 g/mol. The van der Waals surface area contributed by atoms with Crippen molar-refractivity contribution >= 4 is 0 Å². The molecule has 0 amide bonds. The molecule has 0 spiro atoms. The van der Waals surface area contributed by atoms with E-state index in [0.29, 0.717) is 16.7 Å². The quantitative estimate of drug-likeness (QED) is 0.714. The summed E-state index contributed by atoms with van der Waals surface area (Å²) in [5, 5.41) is 20.1. The molecule has 3 aromatic rings. The van der Waals surface area contributed by atoms with Crippen molar-refractivity contribution in [2.75, 3.05) is 0 Å². The number of hydrogen-bond acceptors (Lipinski definition) is 2. The van der Waals surface area contributed by atoms with Gasteiger partial charge in [0.15, 0.2) is 0 Å². The SMILES string of the molecule is N#CC1(c2ccc(-c3ccccc3C(O)c3ccccc3)c(F)c2)CC1. The molecule has 1 aliphatic carbocycles. The lowest BCUT2D eigenvalue weighted by atomic mass is 9.90. The summed E-state index contributed by atoms with van der Waals surface area (Å²) in [6.45, 7) is 0. The molecule has 3 aromatic carbocycles. The van der Waals surface area contributed by atoms with Crippen molar-refractivity contribution in [3.63, 3.8) is 0 Å². The van der Waals surface area contributed by atoms with Crippen molar-refractivity contribution in [3.8, 4) is 17.2 Å². The van der Waals surface area contributed by atoms with E-state index in [0.717, 1.165) is 24.0 Å². The van der Waals surface area contributed by atoms with Crippen LogP contribution in [0.3, 0.4) is 0 Å². The van der Waals surface area contributed by atoms with Crippen molar-refractivity contribution in [1.82, 2.24) is 0 Å². The van der Waals surface area contributed by atoms with Crippen molar-refractivity contribution in [1.29, 1.82) is 5.26 Å². The summed E-state index contributed by atoms with van der Waals surface area (Å²) in [5.74, 6) is -0.364. The van der Waals surface area contributed by atoms with Crippen LogP contribution in [0, 0.1) is 17.1 Å². The van der Waals surface area contributed by atoms with Gasteiger partial charge >= 0.3 is 0 Å². The molecule has 1 unspecified atom stereocenters. The summed E-state index contributed by atoms with van der Waals surface area (Å²) in [7, 11) is 0. The van der Waals surface area contributed by atoms with Crippen molar-refractivity contribution in [2.45, 2.75) is 24.4 Å². The highest BCUT2D eigenvalue weighted by atomic mass is 19.1. The Kier molecular flexibility index (Phi) is 4.06. The average molecular weight is 343 g/mol. The molecule has 3 heteroatoms. The molecule has 1 fully saturated rings. The molecule has 1 aliphatic rings. The Hall–Kier alpha value is -2.96. The minimum Gasteiger partial charge on any atom is -0.384 e. The van der Waals surface area contributed by atoms with E-state index in [1.807, 2.05) is 60.7 Å². The first-order valence-corrected chi connectivity index (χ1v) is 8.68. The second kappa shape index (κ2) is 6.40. The Balaban J connectivity index is 1.77. The van der Waals surface area contributed by atoms with Crippen LogP contribution in [-0.2, 0) is 5.41 Å². The van der Waals surface area contributed by atoms with Gasteiger partial charge in [0.2, 0.25) is 0 Å². The number of hydrogen-bond donors (Lipinski definition) is 1. The number of benzene rings is 3. The van der Waals surface area contributed by atoms with Gasteiger partial charge in [0, 0.05) is 5.56 Å². The molecule has 0 radical (unpaired) electrons. The van der Waals surface area contributed by atoms with Crippen molar-refractivity contribution in [2.24, 2.45) is 0 Å². The summed E-state index contributed by atoms with van der Waals surface area (Å²) in [6, 6.07) is 24.0. The Morgan fingerprint density at radius 1 is 0.923 bits per heavy atom. The zero-order valence-electron chi connectivity index (χ0n) is 14.2. The van der Waals surface area contributed by atoms with Crippen LogP contribution in [0.5, 0.6) is 0 Å². The van der Waals surface area contributed by atoms with Gasteiger partial charge in [-0.05, 0) is 41.2 Å². The number of halogens is 1. The number of aliphatic hydroxyl groups excluding tert-OH is 1. The molecule has 2 nitrogen and oxygen atoms in total. The summed E-state index contributed by atoms with van der Waals surface area (Å²) < 4.78 is 14.9. The predicted octanol–water partition coefficient (Wildman–Crippen LogP) is 5.13. The zero-order valence-corrected chi connectivity index (χ0v) is 14.2. The molecule has 0 aromatic heterocycles. The molecule has 0 aliphatic heterocycles. The fourth-order valence-electron chi connectivity index (χ4n) is 3.42. The number of nitrogens with zero attached hydrogens (tertiary/aromatic N) is 1. The highest BCUT2D eigenvalue weighted by Gasteiger charge is 2.45. The van der Waals surface area contributed by atoms with E-state index in [9.17, 15) is 14.8 Å². The van der Waals surface area contributed by atoms with Gasteiger partial charge in [0.25, 0.3) is 0 Å². The van der Waals surface area contributed by atoms with Gasteiger partial charge in [0.05, 0.1) is 11.5 Å². The summed E-state index contributed by atoms with van der Waals surface area (Å²) in [4.78, 5) is 0. The molecular weight excluding hydrogens is 325 g/mol. The van der Waals surface area contributed by atoms with E-state index in [2.05, 4.69) is 6.07 Å². The molecule has 128 valence electrons. The fourth-order valence-corrected chi connectivity index (χ4v) is 3.42. The normalized spacial score (nSPS) is 15.9. The lowest BCUT2D eigenvalue weighted by Gasteiger charge is -2.17. The van der Waals surface area contributed by atoms with Gasteiger partial charge in [-0.3, -0.25) is 0 Å². The van der Waals surface area contributed by atoms with Gasteiger partial charge in [0.1, 0.15) is 11.9 Å². The van der Waals surface area contributed by atoms with Gasteiger partial charge in [-0.25, -0.2) is 4.39 Å². The minimum atomic E-state index is -0.833. The topological polar surface area (TPSA) is 44.0 Å². The highest BCUT2D eigenvalue weighted by Crippen LogP contribution is 2.48. The van der Waals surface area contributed by atoms with E-state index >= 15 is 0 Å². The third-order valence-electron chi connectivity index (χ3n) is 5.15. The van der Waals surface area contributed by atoms with Crippen molar-refractivity contribution < 1.29 is 9.50 Å². The van der Waals surface area contributed by atoms with E-state index in [1.165, 1.54) is 6.07 Å². The second-order valence-corrected chi connectivity index (χ2v) is 6.79. The third-order valence-corrected chi connectivity index (χ3v) is 5.15. The summed E-state index contributed by atoms with van der Waals surface area (Å²) >= 11 is 0. The lowest BCUT2D eigenvalue weighted by molar-refractivity contribution is 0.221. The Labute approximate surface area is 152 Å². The fraction of sp³-hybridized carbons (Fsp3) is 0.174. The molecule has 1 saturated carbocycles. The largest absolute Gasteiger partial charge is 0.384 e. The molecule has 26 heavy (non-hydrogen) atoms. The maximum absolute atomic E-state index is 14.9. The minimum absolute atomic E-state index is 0.364. The number of rotatable bonds is 4. The summed E-state index contributed by atoms with van der Waals surface area (Å²) in [5.41, 5.74) is 2.75. The van der Waals surface area contributed by atoms with E-state index < -0.39 is 11.5 Å². The molecule has 1 atom stereocenters. The van der Waals surface area contributed by atoms with Crippen LogP contribution >= 0.6 is 0 Å². The van der Waals surface area contributed by atoms with Crippen LogP contribution in [-0.4, -0.2) is 5.11 Å². The Bertz CT molecular complexity index is 987. The molecule has 0 heterocycles. The maximum Gasteiger partial charge on any atom is 0.131 e. The molecule has 4 rings (SSSR count). The Morgan fingerprint density at radius 3 is 2.27 bits per heavy atom. The van der Waals surface area contributed by atoms with Crippen LogP contribution in [0.1, 0.15) is 35.6 Å². The van der Waals surface area contributed by atoms with Crippen LogP contribution < -0.4 is 0 Å². The van der Waals surface area contributed by atoms with Gasteiger partial charge < -0.3 is 5.11 Å². The third kappa shape index (κ3) is 2.79. The molecular formula is C23H18FNO. The van der Waals surface area contributed by atoms with Gasteiger partial charge in [-0.2, -0.15) is 5.26 Å². The first-order chi connectivity index (χ1) is 12.6. The van der Waals surface area contributed by atoms with Crippen molar-refractivity contribution in [3.05, 3.63) is 95.3 Å². The van der Waals surface area contributed by atoms with E-state index in [4.69, 9.17) is 0 Å². The van der Waals surface area contributed by atoms with Crippen LogP contribution in [0.4, 0.5) is 4.39 Å². The lowest BCUT2D eigenvalue weighted by Crippen LogP contribution is -2.05. The average Bonchev–Trinajstić information content (AvgIpc) is 3.49. The molecule has 0 saturated heterocycles. The zero-order chi connectivity index (χ0) is 18.1. The Morgan fingerprint density at radius 2 is 1.62 bits per heavy atom. The first kappa shape index (κ1) is 16.5. The molecule has 1 N–H and O–H groups in total. The smallest absolute Gasteiger partial charge is 0.131 e. The van der Waals surface area contributed by atoms with Crippen LogP contribution in [0.2, 0.25) is 0 Å². The maximum atomic E-state index is 14.9. The van der Waals surface area contributed by atoms with Gasteiger partial charge in [-0.15, -0.1) is 0 Å². The first-order valence-electron chi connectivity index (χ1n) is 8.68. The summed E-state index contributed by atoms with van der Waals surface area (Å²) in [6.07, 6.45) is 0.734. The predicted molar refractivity (Wildman–Crippen MR) is 98.9 cm³/mol. The number of nitriles is 1. The standard InChI is InChI=1S/C23H18FNO/c24-21-14-17(23(15-25)12-13-23)10-11-19(21)18-8-4-5-9-20(18)22(26)16-6-2-1-3-7-16/h1-11,14,22,26H,12-13H2. The van der Waals surface area contributed by atoms with Crippen LogP contribution in [0.25, 0.3) is 11.1 Å². The van der Waals surface area contributed by atoms with Crippen LogP contribution in [0.15, 0.2) is 72.8 Å². The highest BCUT2D eigenvalue weighted by molar-refractivity contribution is 5.70.